The van der Waals surface area contributed by atoms with E-state index in [-0.39, 0.29) is 12.1 Å². The predicted octanol–water partition coefficient (Wildman–Crippen LogP) is 4.41. The van der Waals surface area contributed by atoms with Crippen LogP contribution in [0.15, 0.2) is 42.5 Å². The Bertz CT molecular complexity index is 919. The zero-order valence-corrected chi connectivity index (χ0v) is 15.6. The lowest BCUT2D eigenvalue weighted by molar-refractivity contribution is -0.137. The Morgan fingerprint density at radius 2 is 1.75 bits per heavy atom. The van der Waals surface area contributed by atoms with Crippen molar-refractivity contribution in [3.8, 4) is 0 Å². The first-order valence-corrected chi connectivity index (χ1v) is 8.72. The zero-order valence-electron chi connectivity index (χ0n) is 14.0. The van der Waals surface area contributed by atoms with Gasteiger partial charge in [-0.2, -0.15) is 13.2 Å². The number of benzene rings is 2. The van der Waals surface area contributed by atoms with Gasteiger partial charge in [-0.15, -0.1) is 0 Å². The predicted molar refractivity (Wildman–Crippen MR) is 95.9 cm³/mol. The monoisotopic (exact) mass is 432 g/mol. The van der Waals surface area contributed by atoms with E-state index in [0.717, 1.165) is 17.0 Å². The van der Waals surface area contributed by atoms with E-state index in [1.165, 1.54) is 18.2 Å². The molecule has 1 aliphatic rings. The van der Waals surface area contributed by atoms with Gasteiger partial charge in [-0.25, -0.2) is 4.79 Å². The van der Waals surface area contributed by atoms with Crippen molar-refractivity contribution in [1.29, 1.82) is 0 Å². The Kier molecular flexibility index (Phi) is 5.45. The summed E-state index contributed by atoms with van der Waals surface area (Å²) >= 11 is 11.6. The molecule has 2 aromatic rings. The molecule has 1 fully saturated rings. The highest BCUT2D eigenvalue weighted by atomic mass is 35.5. The van der Waals surface area contributed by atoms with Crippen LogP contribution in [-0.2, 0) is 15.7 Å². The van der Waals surface area contributed by atoms with E-state index in [1.807, 2.05) is 0 Å². The summed E-state index contributed by atoms with van der Waals surface area (Å²) in [6, 6.07) is 8.60. The second-order valence-electron chi connectivity index (χ2n) is 6.12. The molecule has 2 atom stereocenters. The van der Waals surface area contributed by atoms with Crippen molar-refractivity contribution >= 4 is 35.2 Å². The van der Waals surface area contributed by atoms with Crippen LogP contribution in [0.5, 0.6) is 0 Å². The van der Waals surface area contributed by atoms with Gasteiger partial charge in [0.25, 0.3) is 5.91 Å². The quantitative estimate of drug-likeness (QED) is 0.777. The second kappa shape index (κ2) is 7.52. The zero-order chi connectivity index (χ0) is 20.6. The van der Waals surface area contributed by atoms with Crippen LogP contribution < -0.4 is 5.73 Å². The van der Waals surface area contributed by atoms with Crippen LogP contribution in [0.2, 0.25) is 10.0 Å². The third kappa shape index (κ3) is 4.02. The Labute approximate surface area is 167 Å². The van der Waals surface area contributed by atoms with Crippen molar-refractivity contribution in [2.45, 2.75) is 18.3 Å². The molecule has 5 nitrogen and oxygen atoms in total. The van der Waals surface area contributed by atoms with Crippen LogP contribution in [0, 0.1) is 0 Å². The molecule has 2 aromatic carbocycles. The number of carbonyl (C=O) groups is 2. The van der Waals surface area contributed by atoms with Gasteiger partial charge in [0, 0.05) is 5.02 Å². The van der Waals surface area contributed by atoms with Crippen LogP contribution in [0.1, 0.15) is 22.7 Å². The lowest BCUT2D eigenvalue weighted by atomic mass is 9.95. The first-order valence-electron chi connectivity index (χ1n) is 7.96. The van der Waals surface area contributed by atoms with E-state index in [9.17, 15) is 22.8 Å². The lowest BCUT2D eigenvalue weighted by Gasteiger charge is -2.27. The summed E-state index contributed by atoms with van der Waals surface area (Å²) in [5.41, 5.74) is 4.77. The highest BCUT2D eigenvalue weighted by Crippen LogP contribution is 2.39. The molecule has 3 rings (SSSR count). The summed E-state index contributed by atoms with van der Waals surface area (Å²) in [6.45, 7) is -0.203. The minimum absolute atomic E-state index is 0.140. The number of carbonyl (C=O) groups excluding carboxylic acids is 2. The van der Waals surface area contributed by atoms with Crippen molar-refractivity contribution < 1.29 is 27.5 Å². The number of rotatable bonds is 4. The number of nitrogens with two attached hydrogens (primary N) is 1. The number of amides is 2. The van der Waals surface area contributed by atoms with Gasteiger partial charge in [-0.3, -0.25) is 9.69 Å². The van der Waals surface area contributed by atoms with Gasteiger partial charge in [0.05, 0.1) is 23.2 Å². The molecule has 0 aromatic heterocycles. The van der Waals surface area contributed by atoms with Crippen molar-refractivity contribution in [2.24, 2.45) is 5.73 Å². The SMILES string of the molecule is NC(=O)C1CN([C@@H](c2ccc(Cl)cc2)c2ccc(Cl)c(C(F)(F)F)c2)C(=O)O1. The van der Waals surface area contributed by atoms with Crippen molar-refractivity contribution in [3.63, 3.8) is 0 Å². The highest BCUT2D eigenvalue weighted by Gasteiger charge is 2.41. The molecular formula is C18H13Cl2F3N2O3. The Morgan fingerprint density at radius 1 is 1.14 bits per heavy atom. The van der Waals surface area contributed by atoms with E-state index in [4.69, 9.17) is 33.7 Å². The molecule has 1 heterocycles. The van der Waals surface area contributed by atoms with Crippen LogP contribution in [0.25, 0.3) is 0 Å². The van der Waals surface area contributed by atoms with Gasteiger partial charge < -0.3 is 10.5 Å². The third-order valence-corrected chi connectivity index (χ3v) is 4.85. The summed E-state index contributed by atoms with van der Waals surface area (Å²) in [5, 5.41) is -0.0567. The van der Waals surface area contributed by atoms with Gasteiger partial charge in [-0.05, 0) is 35.4 Å². The summed E-state index contributed by atoms with van der Waals surface area (Å²) in [5.74, 6) is -0.849. The van der Waals surface area contributed by atoms with Gasteiger partial charge in [0.15, 0.2) is 6.10 Å². The molecule has 1 unspecified atom stereocenters. The Balaban J connectivity index is 2.11. The van der Waals surface area contributed by atoms with E-state index in [1.54, 1.807) is 12.1 Å². The maximum atomic E-state index is 13.3. The van der Waals surface area contributed by atoms with Crippen LogP contribution in [0.3, 0.4) is 0 Å². The van der Waals surface area contributed by atoms with Crippen LogP contribution in [-0.4, -0.2) is 29.5 Å². The average Bonchev–Trinajstić information content (AvgIpc) is 2.99. The Hall–Kier alpha value is -2.45. The largest absolute Gasteiger partial charge is 0.434 e. The van der Waals surface area contributed by atoms with Gasteiger partial charge >= 0.3 is 12.3 Å². The summed E-state index contributed by atoms with van der Waals surface area (Å²) in [4.78, 5) is 24.9. The number of cyclic esters (lactones) is 1. The number of halogens is 5. The normalized spacial score (nSPS) is 18.1. The molecule has 2 N–H and O–H groups in total. The molecule has 2 amide bonds. The van der Waals surface area contributed by atoms with E-state index < -0.39 is 40.9 Å². The van der Waals surface area contributed by atoms with Gasteiger partial charge in [-0.1, -0.05) is 41.4 Å². The fourth-order valence-electron chi connectivity index (χ4n) is 2.97. The van der Waals surface area contributed by atoms with Crippen LogP contribution >= 0.6 is 23.2 Å². The fourth-order valence-corrected chi connectivity index (χ4v) is 3.32. The molecular weight excluding hydrogens is 420 g/mol. The number of alkyl halides is 3. The molecule has 10 heteroatoms. The highest BCUT2D eigenvalue weighted by molar-refractivity contribution is 6.31. The first kappa shape index (κ1) is 20.3. The summed E-state index contributed by atoms with van der Waals surface area (Å²) in [7, 11) is 0. The molecule has 0 aliphatic carbocycles. The fraction of sp³-hybridized carbons (Fsp3) is 0.222. The van der Waals surface area contributed by atoms with Crippen molar-refractivity contribution in [1.82, 2.24) is 4.90 Å². The minimum atomic E-state index is -4.68. The molecule has 0 bridgehead atoms. The molecule has 0 saturated carbocycles. The number of hydrogen-bond donors (Lipinski definition) is 1. The third-order valence-electron chi connectivity index (χ3n) is 4.27. The van der Waals surface area contributed by atoms with Crippen molar-refractivity contribution in [2.75, 3.05) is 6.54 Å². The number of primary amides is 1. The van der Waals surface area contributed by atoms with Crippen LogP contribution in [0.4, 0.5) is 18.0 Å². The van der Waals surface area contributed by atoms with E-state index in [2.05, 4.69) is 0 Å². The molecule has 0 radical (unpaired) electrons. The Morgan fingerprint density at radius 3 is 2.29 bits per heavy atom. The minimum Gasteiger partial charge on any atom is -0.434 e. The van der Waals surface area contributed by atoms with Crippen molar-refractivity contribution in [3.05, 3.63) is 69.2 Å². The number of nitrogens with zero attached hydrogens (tertiary/aromatic N) is 1. The summed E-state index contributed by atoms with van der Waals surface area (Å²) in [6.07, 6.45) is -6.75. The van der Waals surface area contributed by atoms with E-state index >= 15 is 0 Å². The second-order valence-corrected chi connectivity index (χ2v) is 6.96. The summed E-state index contributed by atoms with van der Waals surface area (Å²) < 4.78 is 44.8. The number of ether oxygens (including phenoxy) is 1. The molecule has 1 aliphatic heterocycles. The van der Waals surface area contributed by atoms with Gasteiger partial charge in [0.1, 0.15) is 0 Å². The topological polar surface area (TPSA) is 72.6 Å². The smallest absolute Gasteiger partial charge is 0.417 e. The number of hydrogen-bond acceptors (Lipinski definition) is 3. The molecule has 148 valence electrons. The maximum absolute atomic E-state index is 13.3. The lowest BCUT2D eigenvalue weighted by Crippen LogP contribution is -2.35. The maximum Gasteiger partial charge on any atom is 0.417 e. The first-order chi connectivity index (χ1) is 13.1. The molecule has 1 saturated heterocycles. The van der Waals surface area contributed by atoms with Gasteiger partial charge in [0.2, 0.25) is 0 Å². The molecule has 0 spiro atoms. The van der Waals surface area contributed by atoms with E-state index in [0.29, 0.717) is 10.6 Å². The standard InChI is InChI=1S/C18H13Cl2F3N2O3/c19-11-4-1-9(2-5-11)15(25-8-14(16(24)26)28-17(25)27)10-3-6-13(20)12(7-10)18(21,22)23/h1-7,14-15H,8H2,(H2,24,26)/t14?,15-/m0/s1. The average molecular weight is 433 g/mol. The molecule has 28 heavy (non-hydrogen) atoms.